The van der Waals surface area contributed by atoms with Crippen LogP contribution in [0.25, 0.3) is 0 Å². The number of ether oxygens (including phenoxy) is 2. The molecule has 0 saturated carbocycles. The molecule has 0 aliphatic carbocycles. The Morgan fingerprint density at radius 3 is 2.22 bits per heavy atom. The minimum absolute atomic E-state index is 0.0208. The van der Waals surface area contributed by atoms with Gasteiger partial charge in [0, 0.05) is 18.6 Å². The molecule has 170 valence electrons. The smallest absolute Gasteiger partial charge is 0.408 e. The van der Waals surface area contributed by atoms with Crippen LogP contribution in [-0.2, 0) is 32.1 Å². The third kappa shape index (κ3) is 7.36. The van der Waals surface area contributed by atoms with E-state index in [4.69, 9.17) is 9.47 Å². The number of alkyl carbamates (subject to hydrolysis) is 1. The van der Waals surface area contributed by atoms with Gasteiger partial charge in [0.1, 0.15) is 18.7 Å². The quantitative estimate of drug-likeness (QED) is 0.279. The summed E-state index contributed by atoms with van der Waals surface area (Å²) in [5.41, 5.74) is 1.15. The number of hydrogen-bond donors (Lipinski definition) is 3. The molecule has 0 aromatic heterocycles. The van der Waals surface area contributed by atoms with Gasteiger partial charge in [-0.3, -0.25) is 14.9 Å². The lowest BCUT2D eigenvalue weighted by molar-refractivity contribution is -0.384. The minimum Gasteiger partial charge on any atom is -0.467 e. The highest BCUT2D eigenvalue weighted by Gasteiger charge is 2.27. The van der Waals surface area contributed by atoms with Gasteiger partial charge in [-0.25, -0.2) is 9.59 Å². The summed E-state index contributed by atoms with van der Waals surface area (Å²) in [5, 5.41) is 24.9. The standard InChI is InChI=1S/C21H23N3O8/c1-31-20(27)17(11-14-7-9-16(10-8-14)24(29)30)22-19(26)18(12-25)23-21(28)32-13-15-5-3-2-4-6-15/h2-10,17-18,25H,11-13H2,1H3,(H,22,26)(H,23,28)/t17-,18+/m1/s1. The van der Waals surface area contributed by atoms with Gasteiger partial charge in [-0.05, 0) is 11.1 Å². The van der Waals surface area contributed by atoms with Crippen LogP contribution >= 0.6 is 0 Å². The van der Waals surface area contributed by atoms with Crippen LogP contribution in [0.1, 0.15) is 11.1 Å². The number of methoxy groups -OCH3 is 1. The maximum absolute atomic E-state index is 12.5. The van der Waals surface area contributed by atoms with E-state index in [1.54, 1.807) is 24.3 Å². The van der Waals surface area contributed by atoms with Crippen molar-refractivity contribution in [1.82, 2.24) is 10.6 Å². The second-order valence-electron chi connectivity index (χ2n) is 6.65. The van der Waals surface area contributed by atoms with E-state index in [0.717, 1.165) is 12.7 Å². The summed E-state index contributed by atoms with van der Waals surface area (Å²) >= 11 is 0. The molecule has 0 saturated heterocycles. The summed E-state index contributed by atoms with van der Waals surface area (Å²) in [6, 6.07) is 11.8. The van der Waals surface area contributed by atoms with Gasteiger partial charge >= 0.3 is 12.1 Å². The van der Waals surface area contributed by atoms with E-state index in [-0.39, 0.29) is 18.7 Å². The average molecular weight is 445 g/mol. The number of nitrogens with zero attached hydrogens (tertiary/aromatic N) is 1. The SMILES string of the molecule is COC(=O)[C@@H](Cc1ccc([N+](=O)[O-])cc1)NC(=O)[C@H](CO)NC(=O)OCc1ccccc1. The number of esters is 1. The number of nitro benzene ring substituents is 1. The topological polar surface area (TPSA) is 157 Å². The molecule has 0 fully saturated rings. The second-order valence-corrected chi connectivity index (χ2v) is 6.65. The van der Waals surface area contributed by atoms with Crippen molar-refractivity contribution in [2.24, 2.45) is 0 Å². The molecule has 0 radical (unpaired) electrons. The fourth-order valence-electron chi connectivity index (χ4n) is 2.70. The third-order valence-electron chi connectivity index (χ3n) is 4.39. The number of nitrogens with one attached hydrogen (secondary N) is 2. The van der Waals surface area contributed by atoms with E-state index in [1.807, 2.05) is 6.07 Å². The molecule has 0 aliphatic rings. The summed E-state index contributed by atoms with van der Waals surface area (Å²) in [6.45, 7) is -0.769. The monoisotopic (exact) mass is 445 g/mol. The van der Waals surface area contributed by atoms with Gasteiger partial charge in [0.2, 0.25) is 5.91 Å². The molecule has 0 heterocycles. The van der Waals surface area contributed by atoms with Gasteiger partial charge in [0.15, 0.2) is 0 Å². The van der Waals surface area contributed by atoms with E-state index in [9.17, 15) is 29.6 Å². The first-order valence-corrected chi connectivity index (χ1v) is 9.53. The van der Waals surface area contributed by atoms with Crippen LogP contribution in [0.15, 0.2) is 54.6 Å². The highest BCUT2D eigenvalue weighted by Crippen LogP contribution is 2.13. The molecule has 2 aromatic rings. The average Bonchev–Trinajstić information content (AvgIpc) is 2.81. The number of aliphatic hydroxyl groups is 1. The van der Waals surface area contributed by atoms with Crippen molar-refractivity contribution < 1.29 is 33.9 Å². The van der Waals surface area contributed by atoms with E-state index in [0.29, 0.717) is 5.56 Å². The van der Waals surface area contributed by atoms with Crippen molar-refractivity contribution in [3.05, 3.63) is 75.8 Å². The van der Waals surface area contributed by atoms with Crippen molar-refractivity contribution >= 4 is 23.7 Å². The van der Waals surface area contributed by atoms with Crippen molar-refractivity contribution in [2.45, 2.75) is 25.1 Å². The van der Waals surface area contributed by atoms with Crippen molar-refractivity contribution in [1.29, 1.82) is 0 Å². The summed E-state index contributed by atoms with van der Waals surface area (Å²) in [4.78, 5) is 46.8. The number of nitro groups is 1. The number of amides is 2. The molecular formula is C21H23N3O8. The maximum Gasteiger partial charge on any atom is 0.408 e. The number of carbonyl (C=O) groups is 3. The minimum atomic E-state index is -1.37. The molecule has 2 rings (SSSR count). The molecule has 11 nitrogen and oxygen atoms in total. The van der Waals surface area contributed by atoms with Gasteiger partial charge in [-0.1, -0.05) is 42.5 Å². The molecule has 0 unspecified atom stereocenters. The number of carbonyl (C=O) groups excluding carboxylic acids is 3. The van der Waals surface area contributed by atoms with Crippen LogP contribution < -0.4 is 10.6 Å². The van der Waals surface area contributed by atoms with Gasteiger partial charge in [0.05, 0.1) is 18.6 Å². The summed E-state index contributed by atoms with van der Waals surface area (Å²) in [5.74, 6) is -1.60. The summed E-state index contributed by atoms with van der Waals surface area (Å²) in [7, 11) is 1.14. The lowest BCUT2D eigenvalue weighted by atomic mass is 10.0. The molecule has 2 amide bonds. The first kappa shape index (κ1) is 24.3. The normalized spacial score (nSPS) is 12.2. The Balaban J connectivity index is 1.97. The van der Waals surface area contributed by atoms with Gasteiger partial charge in [-0.2, -0.15) is 0 Å². The van der Waals surface area contributed by atoms with Crippen molar-refractivity contribution in [3.63, 3.8) is 0 Å². The highest BCUT2D eigenvalue weighted by atomic mass is 16.6. The Morgan fingerprint density at radius 1 is 1.00 bits per heavy atom. The second kappa shape index (κ2) is 12.0. The van der Waals surface area contributed by atoms with Crippen LogP contribution in [0.5, 0.6) is 0 Å². The summed E-state index contributed by atoms with van der Waals surface area (Å²) in [6.07, 6.45) is -0.944. The first-order chi connectivity index (χ1) is 15.3. The van der Waals surface area contributed by atoms with E-state index >= 15 is 0 Å². The fraction of sp³-hybridized carbons (Fsp3) is 0.286. The Labute approximate surface area is 183 Å². The molecule has 11 heteroatoms. The Bertz CT molecular complexity index is 934. The van der Waals surface area contributed by atoms with E-state index < -0.39 is 41.6 Å². The van der Waals surface area contributed by atoms with Gasteiger partial charge in [0.25, 0.3) is 5.69 Å². The zero-order valence-corrected chi connectivity index (χ0v) is 17.2. The van der Waals surface area contributed by atoms with E-state index in [1.165, 1.54) is 24.3 Å². The van der Waals surface area contributed by atoms with Gasteiger partial charge < -0.3 is 25.2 Å². The molecule has 3 N–H and O–H groups in total. The summed E-state index contributed by atoms with van der Waals surface area (Å²) < 4.78 is 9.72. The predicted molar refractivity (Wildman–Crippen MR) is 111 cm³/mol. The molecular weight excluding hydrogens is 422 g/mol. The number of non-ortho nitro benzene ring substituents is 1. The largest absolute Gasteiger partial charge is 0.467 e. The molecule has 32 heavy (non-hydrogen) atoms. The zero-order chi connectivity index (χ0) is 23.5. The lowest BCUT2D eigenvalue weighted by Crippen LogP contribution is -2.54. The lowest BCUT2D eigenvalue weighted by Gasteiger charge is -2.21. The van der Waals surface area contributed by atoms with Crippen LogP contribution in [0, 0.1) is 10.1 Å². The third-order valence-corrected chi connectivity index (χ3v) is 4.39. The predicted octanol–water partition coefficient (Wildman–Crippen LogP) is 1.08. The van der Waals surface area contributed by atoms with Crippen LogP contribution in [0.3, 0.4) is 0 Å². The van der Waals surface area contributed by atoms with Crippen molar-refractivity contribution in [3.8, 4) is 0 Å². The molecule has 0 spiro atoms. The Hall–Kier alpha value is -3.99. The van der Waals surface area contributed by atoms with Crippen LogP contribution in [0.4, 0.5) is 10.5 Å². The van der Waals surface area contributed by atoms with E-state index in [2.05, 4.69) is 10.6 Å². The highest BCUT2D eigenvalue weighted by molar-refractivity contribution is 5.89. The Kier molecular flexibility index (Phi) is 9.11. The fourth-order valence-corrected chi connectivity index (χ4v) is 2.70. The van der Waals surface area contributed by atoms with Crippen molar-refractivity contribution in [2.75, 3.05) is 13.7 Å². The number of rotatable bonds is 10. The molecule has 0 aliphatic heterocycles. The number of aliphatic hydroxyl groups excluding tert-OH is 1. The zero-order valence-electron chi connectivity index (χ0n) is 17.2. The van der Waals surface area contributed by atoms with Gasteiger partial charge in [-0.15, -0.1) is 0 Å². The first-order valence-electron chi connectivity index (χ1n) is 9.53. The molecule has 0 bridgehead atoms. The number of hydrogen-bond acceptors (Lipinski definition) is 8. The Morgan fingerprint density at radius 2 is 1.66 bits per heavy atom. The maximum atomic E-state index is 12.5. The molecule has 2 atom stereocenters. The number of benzene rings is 2. The molecule has 2 aromatic carbocycles. The van der Waals surface area contributed by atoms with Crippen LogP contribution in [0.2, 0.25) is 0 Å². The van der Waals surface area contributed by atoms with Crippen LogP contribution in [-0.4, -0.2) is 53.8 Å².